The van der Waals surface area contributed by atoms with Crippen molar-refractivity contribution in [2.45, 2.75) is 13.0 Å². The highest BCUT2D eigenvalue weighted by molar-refractivity contribution is 5.59. The summed E-state index contributed by atoms with van der Waals surface area (Å²) in [6, 6.07) is 10.2. The summed E-state index contributed by atoms with van der Waals surface area (Å²) in [4.78, 5) is 0. The quantitative estimate of drug-likeness (QED) is 0.742. The van der Waals surface area contributed by atoms with Crippen LogP contribution in [0.3, 0.4) is 0 Å². The first-order valence-corrected chi connectivity index (χ1v) is 5.28. The number of halogens is 2. The molecule has 0 radical (unpaired) electrons. The van der Waals surface area contributed by atoms with Crippen molar-refractivity contribution in [2.75, 3.05) is 6.67 Å². The van der Waals surface area contributed by atoms with E-state index in [1.54, 1.807) is 12.1 Å². The van der Waals surface area contributed by atoms with Crippen molar-refractivity contribution in [2.24, 2.45) is 0 Å². The van der Waals surface area contributed by atoms with Gasteiger partial charge in [-0.2, -0.15) is 0 Å². The second-order valence-corrected chi connectivity index (χ2v) is 3.64. The van der Waals surface area contributed by atoms with E-state index in [0.29, 0.717) is 13.0 Å². The first-order chi connectivity index (χ1) is 7.81. The van der Waals surface area contributed by atoms with Crippen molar-refractivity contribution in [1.29, 1.82) is 0 Å². The van der Waals surface area contributed by atoms with Crippen LogP contribution in [0.1, 0.15) is 6.42 Å². The zero-order valence-corrected chi connectivity index (χ0v) is 8.87. The van der Waals surface area contributed by atoms with Crippen molar-refractivity contribution in [1.82, 2.24) is 4.57 Å². The van der Waals surface area contributed by atoms with Crippen molar-refractivity contribution in [3.8, 4) is 11.3 Å². The molecule has 1 aromatic heterocycles. The maximum atomic E-state index is 12.8. The van der Waals surface area contributed by atoms with Crippen LogP contribution >= 0.6 is 0 Å². The van der Waals surface area contributed by atoms with Gasteiger partial charge in [0, 0.05) is 18.4 Å². The molecule has 2 rings (SSSR count). The molecule has 0 spiro atoms. The lowest BCUT2D eigenvalue weighted by Gasteiger charge is -2.08. The molecule has 16 heavy (non-hydrogen) atoms. The van der Waals surface area contributed by atoms with Gasteiger partial charge in [0.05, 0.1) is 6.67 Å². The number of aromatic nitrogens is 1. The Labute approximate surface area is 93.3 Å². The summed E-state index contributed by atoms with van der Waals surface area (Å²) in [5.74, 6) is -0.245. The molecule has 0 aliphatic heterocycles. The third-order valence-corrected chi connectivity index (χ3v) is 2.50. The zero-order chi connectivity index (χ0) is 11.4. The van der Waals surface area contributed by atoms with Gasteiger partial charge >= 0.3 is 0 Å². The minimum Gasteiger partial charge on any atom is -0.347 e. The molecule has 2 aromatic rings. The van der Waals surface area contributed by atoms with E-state index in [9.17, 15) is 8.78 Å². The normalized spacial score (nSPS) is 10.6. The van der Waals surface area contributed by atoms with Crippen molar-refractivity contribution in [3.63, 3.8) is 0 Å². The molecule has 0 atom stereocenters. The van der Waals surface area contributed by atoms with Crippen LogP contribution in [0.25, 0.3) is 11.3 Å². The Bertz CT molecular complexity index is 445. The third-order valence-electron chi connectivity index (χ3n) is 2.50. The summed E-state index contributed by atoms with van der Waals surface area (Å²) in [5.41, 5.74) is 1.94. The van der Waals surface area contributed by atoms with Crippen LogP contribution in [-0.4, -0.2) is 11.2 Å². The molecule has 0 amide bonds. The van der Waals surface area contributed by atoms with Crippen molar-refractivity contribution < 1.29 is 8.78 Å². The fraction of sp³-hybridized carbons (Fsp3) is 0.231. The largest absolute Gasteiger partial charge is 0.347 e. The number of aryl methyl sites for hydroxylation is 1. The second kappa shape index (κ2) is 4.92. The Balaban J connectivity index is 2.26. The zero-order valence-electron chi connectivity index (χ0n) is 8.87. The summed E-state index contributed by atoms with van der Waals surface area (Å²) in [6.45, 7) is 0.331. The Kier molecular flexibility index (Phi) is 3.34. The topological polar surface area (TPSA) is 4.93 Å². The highest BCUT2D eigenvalue weighted by Crippen LogP contribution is 2.20. The van der Waals surface area contributed by atoms with Crippen LogP contribution in [-0.2, 0) is 6.54 Å². The lowest BCUT2D eigenvalue weighted by Crippen LogP contribution is -1.99. The summed E-state index contributed by atoms with van der Waals surface area (Å²) in [7, 11) is 0. The minimum absolute atomic E-state index is 0.245. The molecule has 0 saturated carbocycles. The van der Waals surface area contributed by atoms with Gasteiger partial charge in [0.1, 0.15) is 5.82 Å². The van der Waals surface area contributed by atoms with Gasteiger partial charge in [-0.25, -0.2) is 4.39 Å². The Morgan fingerprint density at radius 1 is 1.06 bits per heavy atom. The molecule has 0 bridgehead atoms. The molecule has 0 fully saturated rings. The van der Waals surface area contributed by atoms with Crippen molar-refractivity contribution >= 4 is 0 Å². The maximum absolute atomic E-state index is 12.8. The molecule has 1 nitrogen and oxygen atoms in total. The SMILES string of the molecule is FCCCn1cccc1-c1ccc(F)cc1. The monoisotopic (exact) mass is 221 g/mol. The number of hydrogen-bond donors (Lipinski definition) is 0. The summed E-state index contributed by atoms with van der Waals surface area (Å²) < 4.78 is 26.9. The molecule has 1 heterocycles. The molecule has 0 unspecified atom stereocenters. The van der Waals surface area contributed by atoms with Crippen LogP contribution in [0.5, 0.6) is 0 Å². The Hall–Kier alpha value is -1.64. The maximum Gasteiger partial charge on any atom is 0.123 e. The van der Waals surface area contributed by atoms with Crippen LogP contribution < -0.4 is 0 Å². The van der Waals surface area contributed by atoms with Gasteiger partial charge < -0.3 is 4.57 Å². The van der Waals surface area contributed by atoms with E-state index in [4.69, 9.17) is 0 Å². The molecule has 0 aliphatic carbocycles. The summed E-state index contributed by atoms with van der Waals surface area (Å²) >= 11 is 0. The van der Waals surface area contributed by atoms with E-state index in [0.717, 1.165) is 11.3 Å². The highest BCUT2D eigenvalue weighted by Gasteiger charge is 2.03. The summed E-state index contributed by atoms with van der Waals surface area (Å²) in [6.07, 6.45) is 2.41. The first kappa shape index (κ1) is 10.9. The van der Waals surface area contributed by atoms with Gasteiger partial charge in [0.25, 0.3) is 0 Å². The number of rotatable bonds is 4. The molecule has 84 valence electrons. The van der Waals surface area contributed by atoms with E-state index < -0.39 is 0 Å². The average molecular weight is 221 g/mol. The van der Waals surface area contributed by atoms with E-state index in [-0.39, 0.29) is 12.5 Å². The molecular formula is C13H13F2N. The predicted molar refractivity (Wildman–Crippen MR) is 60.4 cm³/mol. The third kappa shape index (κ3) is 2.30. The van der Waals surface area contributed by atoms with Gasteiger partial charge in [0.15, 0.2) is 0 Å². The van der Waals surface area contributed by atoms with E-state index in [2.05, 4.69) is 0 Å². The minimum atomic E-state index is -0.318. The number of hydrogen-bond acceptors (Lipinski definition) is 0. The molecule has 3 heteroatoms. The van der Waals surface area contributed by atoms with Gasteiger partial charge in [-0.15, -0.1) is 0 Å². The van der Waals surface area contributed by atoms with E-state index in [1.807, 2.05) is 22.9 Å². The molecule has 1 aromatic carbocycles. The second-order valence-electron chi connectivity index (χ2n) is 3.64. The molecule has 0 N–H and O–H groups in total. The van der Waals surface area contributed by atoms with Crippen molar-refractivity contribution in [3.05, 3.63) is 48.4 Å². The fourth-order valence-corrected chi connectivity index (χ4v) is 1.72. The standard InChI is InChI=1S/C13H13F2N/c14-8-2-10-16-9-1-3-13(16)11-4-6-12(15)7-5-11/h1,3-7,9H,2,8,10H2. The number of alkyl halides is 1. The number of benzene rings is 1. The predicted octanol–water partition coefficient (Wildman–Crippen LogP) is 3.65. The van der Waals surface area contributed by atoms with E-state index >= 15 is 0 Å². The van der Waals surface area contributed by atoms with Crippen LogP contribution in [0.2, 0.25) is 0 Å². The lowest BCUT2D eigenvalue weighted by atomic mass is 10.1. The van der Waals surface area contributed by atoms with Crippen LogP contribution in [0.15, 0.2) is 42.6 Å². The van der Waals surface area contributed by atoms with Crippen LogP contribution in [0, 0.1) is 5.82 Å². The Morgan fingerprint density at radius 3 is 2.50 bits per heavy atom. The Morgan fingerprint density at radius 2 is 1.81 bits per heavy atom. The van der Waals surface area contributed by atoms with Gasteiger partial charge in [0.2, 0.25) is 0 Å². The van der Waals surface area contributed by atoms with Gasteiger partial charge in [-0.1, -0.05) is 0 Å². The molecule has 0 aliphatic rings. The van der Waals surface area contributed by atoms with Gasteiger partial charge in [-0.05, 0) is 48.4 Å². The smallest absolute Gasteiger partial charge is 0.123 e. The average Bonchev–Trinajstić information content (AvgIpc) is 2.75. The first-order valence-electron chi connectivity index (χ1n) is 5.28. The van der Waals surface area contributed by atoms with Crippen LogP contribution in [0.4, 0.5) is 8.78 Å². The molecule has 0 saturated heterocycles. The number of nitrogens with zero attached hydrogens (tertiary/aromatic N) is 1. The molecular weight excluding hydrogens is 208 g/mol. The van der Waals surface area contributed by atoms with E-state index in [1.165, 1.54) is 12.1 Å². The fourth-order valence-electron chi connectivity index (χ4n) is 1.72. The lowest BCUT2D eigenvalue weighted by molar-refractivity contribution is 0.448. The van der Waals surface area contributed by atoms with Gasteiger partial charge in [-0.3, -0.25) is 4.39 Å². The highest BCUT2D eigenvalue weighted by atomic mass is 19.1. The summed E-state index contributed by atoms with van der Waals surface area (Å²) in [5, 5.41) is 0.